The fourth-order valence-corrected chi connectivity index (χ4v) is 5.33. The van der Waals surface area contributed by atoms with Gasteiger partial charge in [-0.1, -0.05) is 37.3 Å². The van der Waals surface area contributed by atoms with Crippen LogP contribution in [-0.4, -0.2) is 27.4 Å². The van der Waals surface area contributed by atoms with Crippen molar-refractivity contribution in [2.45, 2.75) is 31.6 Å². The largest absolute Gasteiger partial charge is 0.465 e. The number of hydrogen-bond acceptors (Lipinski definition) is 6. The fraction of sp³-hybridized carbons (Fsp3) is 0.200. The van der Waals surface area contributed by atoms with Crippen LogP contribution in [0.5, 0.6) is 0 Å². The number of amides is 1. The van der Waals surface area contributed by atoms with Crippen molar-refractivity contribution in [3.05, 3.63) is 72.0 Å². The van der Waals surface area contributed by atoms with E-state index in [1.165, 1.54) is 25.3 Å². The van der Waals surface area contributed by atoms with Crippen LogP contribution in [0.25, 0.3) is 21.7 Å². The number of sulfonamides is 1. The number of carbonyl (C=O) groups excluding carboxylic acids is 2. The Morgan fingerprint density at radius 1 is 1.00 bits per heavy atom. The molecule has 0 N–H and O–H groups in total. The quantitative estimate of drug-likeness (QED) is 0.363. The maximum atomic E-state index is 13.7. The van der Waals surface area contributed by atoms with Crippen LogP contribution in [0, 0.1) is 6.92 Å². The predicted molar refractivity (Wildman–Crippen MR) is 126 cm³/mol. The summed E-state index contributed by atoms with van der Waals surface area (Å²) in [6.07, 6.45) is 0.516. The zero-order valence-corrected chi connectivity index (χ0v) is 19.3. The van der Waals surface area contributed by atoms with Gasteiger partial charge in [-0.3, -0.25) is 4.79 Å². The zero-order valence-electron chi connectivity index (χ0n) is 18.5. The highest BCUT2D eigenvalue weighted by Crippen LogP contribution is 2.33. The first-order valence-electron chi connectivity index (χ1n) is 10.5. The van der Waals surface area contributed by atoms with Gasteiger partial charge in [-0.15, -0.1) is 0 Å². The monoisotopic (exact) mass is 465 g/mol. The summed E-state index contributed by atoms with van der Waals surface area (Å²) >= 11 is 0. The molecule has 0 radical (unpaired) electrons. The lowest BCUT2D eigenvalue weighted by atomic mass is 10.1. The molecule has 0 aliphatic heterocycles. The van der Waals surface area contributed by atoms with E-state index in [1.54, 1.807) is 32.0 Å². The van der Waals surface area contributed by atoms with Crippen LogP contribution in [0.4, 0.5) is 5.69 Å². The molecule has 33 heavy (non-hydrogen) atoms. The Balaban J connectivity index is 1.91. The molecule has 1 heterocycles. The Morgan fingerprint density at radius 3 is 2.42 bits per heavy atom. The van der Waals surface area contributed by atoms with E-state index in [0.717, 1.165) is 15.1 Å². The standard InChI is InChI=1S/C25H23NO6S/c1-4-7-23(27)26(33(29,30)20-12-10-17-8-5-6-9-18(17)14-20)19-11-13-22-21(15-19)24(16(2)32-22)25(28)31-3/h5-6,8-15H,4,7H2,1-3H3. The van der Waals surface area contributed by atoms with Crippen LogP contribution >= 0.6 is 0 Å². The van der Waals surface area contributed by atoms with Crippen LogP contribution in [0.3, 0.4) is 0 Å². The van der Waals surface area contributed by atoms with Crippen molar-refractivity contribution in [1.29, 1.82) is 0 Å². The first-order valence-corrected chi connectivity index (χ1v) is 11.9. The van der Waals surface area contributed by atoms with E-state index in [1.807, 2.05) is 24.3 Å². The zero-order chi connectivity index (χ0) is 23.8. The van der Waals surface area contributed by atoms with E-state index in [2.05, 4.69) is 0 Å². The molecule has 0 saturated heterocycles. The predicted octanol–water partition coefficient (Wildman–Crippen LogP) is 5.20. The topological polar surface area (TPSA) is 93.9 Å². The van der Waals surface area contributed by atoms with Gasteiger partial charge in [-0.05, 0) is 54.4 Å². The molecule has 0 spiro atoms. The molecule has 4 aromatic rings. The number of aryl methyl sites for hydroxylation is 1. The molecule has 3 aromatic carbocycles. The van der Waals surface area contributed by atoms with Crippen LogP contribution in [0.1, 0.15) is 35.9 Å². The third kappa shape index (κ3) is 3.98. The summed E-state index contributed by atoms with van der Waals surface area (Å²) in [5.41, 5.74) is 0.711. The minimum Gasteiger partial charge on any atom is -0.465 e. The van der Waals surface area contributed by atoms with Gasteiger partial charge in [0.2, 0.25) is 5.91 Å². The highest BCUT2D eigenvalue weighted by molar-refractivity contribution is 7.93. The minimum atomic E-state index is -4.23. The van der Waals surface area contributed by atoms with Crippen molar-refractivity contribution in [3.63, 3.8) is 0 Å². The van der Waals surface area contributed by atoms with E-state index >= 15 is 0 Å². The molecule has 1 amide bonds. The summed E-state index contributed by atoms with van der Waals surface area (Å²) < 4.78 is 38.7. The lowest BCUT2D eigenvalue weighted by Crippen LogP contribution is -2.36. The molecule has 0 saturated carbocycles. The molecule has 8 heteroatoms. The molecule has 170 valence electrons. The van der Waals surface area contributed by atoms with E-state index in [9.17, 15) is 18.0 Å². The third-order valence-electron chi connectivity index (χ3n) is 5.42. The van der Waals surface area contributed by atoms with Gasteiger partial charge in [0.15, 0.2) is 0 Å². The van der Waals surface area contributed by atoms with Crippen molar-refractivity contribution >= 4 is 49.3 Å². The second-order valence-electron chi connectivity index (χ2n) is 7.63. The number of anilines is 1. The summed E-state index contributed by atoms with van der Waals surface area (Å²) in [6, 6.07) is 16.7. The molecule has 0 atom stereocenters. The van der Waals surface area contributed by atoms with E-state index < -0.39 is 21.9 Å². The van der Waals surface area contributed by atoms with Crippen LogP contribution in [0.2, 0.25) is 0 Å². The van der Waals surface area contributed by atoms with E-state index in [4.69, 9.17) is 9.15 Å². The SMILES string of the molecule is CCCC(=O)N(c1ccc2oc(C)c(C(=O)OC)c2c1)S(=O)(=O)c1ccc2ccccc2c1. The summed E-state index contributed by atoms with van der Waals surface area (Å²) in [5.74, 6) is -0.824. The smallest absolute Gasteiger partial charge is 0.342 e. The van der Waals surface area contributed by atoms with Crippen molar-refractivity contribution < 1.29 is 27.2 Å². The number of furan rings is 1. The molecule has 7 nitrogen and oxygen atoms in total. The van der Waals surface area contributed by atoms with Crippen LogP contribution < -0.4 is 4.31 Å². The highest BCUT2D eigenvalue weighted by atomic mass is 32.2. The van der Waals surface area contributed by atoms with Gasteiger partial charge in [0.1, 0.15) is 16.9 Å². The Hall–Kier alpha value is -3.65. The summed E-state index contributed by atoms with van der Waals surface area (Å²) in [5, 5.41) is 2.01. The number of ether oxygens (including phenoxy) is 1. The maximum Gasteiger partial charge on any atom is 0.342 e. The van der Waals surface area contributed by atoms with Crippen molar-refractivity contribution in [3.8, 4) is 0 Å². The lowest BCUT2D eigenvalue weighted by Gasteiger charge is -2.23. The summed E-state index contributed by atoms with van der Waals surface area (Å²) in [6.45, 7) is 3.43. The minimum absolute atomic E-state index is 0.00214. The first-order chi connectivity index (χ1) is 15.8. The fourth-order valence-electron chi connectivity index (χ4n) is 3.86. The molecule has 0 bridgehead atoms. The van der Waals surface area contributed by atoms with Gasteiger partial charge in [-0.25, -0.2) is 17.5 Å². The number of nitrogens with zero attached hydrogens (tertiary/aromatic N) is 1. The molecule has 0 aliphatic carbocycles. The normalized spacial score (nSPS) is 11.6. The second-order valence-corrected chi connectivity index (χ2v) is 9.41. The van der Waals surface area contributed by atoms with E-state index in [0.29, 0.717) is 23.2 Å². The highest BCUT2D eigenvalue weighted by Gasteiger charge is 2.31. The Bertz CT molecular complexity index is 1490. The molecule has 0 unspecified atom stereocenters. The number of methoxy groups -OCH3 is 1. The number of benzene rings is 3. The van der Waals surface area contributed by atoms with Crippen molar-refractivity contribution in [1.82, 2.24) is 0 Å². The second kappa shape index (κ2) is 8.71. The van der Waals surface area contributed by atoms with Gasteiger partial charge >= 0.3 is 5.97 Å². The summed E-state index contributed by atoms with van der Waals surface area (Å²) in [4.78, 5) is 25.4. The average molecular weight is 466 g/mol. The molecule has 1 aromatic heterocycles. The molecule has 0 fully saturated rings. The number of rotatable bonds is 6. The number of carbonyl (C=O) groups is 2. The van der Waals surface area contributed by atoms with Gasteiger partial charge in [-0.2, -0.15) is 0 Å². The molecular formula is C25H23NO6S. The van der Waals surface area contributed by atoms with Gasteiger partial charge < -0.3 is 9.15 Å². The van der Waals surface area contributed by atoms with E-state index in [-0.39, 0.29) is 22.6 Å². The van der Waals surface area contributed by atoms with Crippen molar-refractivity contribution in [2.75, 3.05) is 11.4 Å². The Kier molecular flexibility index (Phi) is 5.95. The van der Waals surface area contributed by atoms with Crippen LogP contribution in [-0.2, 0) is 19.6 Å². The molecular weight excluding hydrogens is 442 g/mol. The van der Waals surface area contributed by atoms with Gasteiger partial charge in [0.25, 0.3) is 10.0 Å². The third-order valence-corrected chi connectivity index (χ3v) is 7.17. The molecule has 4 rings (SSSR count). The number of fused-ring (bicyclic) bond motifs is 2. The molecule has 0 aliphatic rings. The van der Waals surface area contributed by atoms with Gasteiger partial charge in [0, 0.05) is 11.8 Å². The first kappa shape index (κ1) is 22.5. The summed E-state index contributed by atoms with van der Waals surface area (Å²) in [7, 11) is -2.97. The van der Waals surface area contributed by atoms with Crippen LogP contribution in [0.15, 0.2) is 70.0 Å². The van der Waals surface area contributed by atoms with Crippen molar-refractivity contribution in [2.24, 2.45) is 0 Å². The van der Waals surface area contributed by atoms with Gasteiger partial charge in [0.05, 0.1) is 17.7 Å². The number of esters is 1. The lowest BCUT2D eigenvalue weighted by molar-refractivity contribution is -0.117. The number of hydrogen-bond donors (Lipinski definition) is 0. The maximum absolute atomic E-state index is 13.7. The average Bonchev–Trinajstić information content (AvgIpc) is 3.13. The Morgan fingerprint density at radius 2 is 1.73 bits per heavy atom. The Labute approximate surface area is 191 Å².